The monoisotopic (exact) mass is 276 g/mol. The molecule has 0 aliphatic rings. The van der Waals surface area contributed by atoms with Gasteiger partial charge >= 0.3 is 5.97 Å². The Hall–Kier alpha value is -0.350. The van der Waals surface area contributed by atoms with Gasteiger partial charge in [-0.25, -0.2) is 4.79 Å². The van der Waals surface area contributed by atoms with Gasteiger partial charge in [0.2, 0.25) is 0 Å². The quantitative estimate of drug-likeness (QED) is 0.610. The molecule has 14 heavy (non-hydrogen) atoms. The minimum Gasteiger partial charge on any atom is -0.456 e. The molecule has 4 heteroatoms. The molecule has 0 aliphatic heterocycles. The van der Waals surface area contributed by atoms with E-state index in [2.05, 4.69) is 15.9 Å². The predicted octanol–water partition coefficient (Wildman–Crippen LogP) is 3.60. The van der Waals surface area contributed by atoms with Gasteiger partial charge in [-0.2, -0.15) is 0 Å². The third kappa shape index (κ3) is 3.42. The molecular weight excluding hydrogens is 264 g/mol. The average molecular weight is 277 g/mol. The second-order valence-electron chi connectivity index (χ2n) is 3.95. The lowest BCUT2D eigenvalue weighted by Gasteiger charge is -2.18. The Bertz CT molecular complexity index is 325. The summed E-state index contributed by atoms with van der Waals surface area (Å²) in [6, 6.07) is 1.85. The normalized spacial score (nSPS) is 11.4. The zero-order valence-corrected chi connectivity index (χ0v) is 10.9. The first kappa shape index (κ1) is 11.7. The van der Waals surface area contributed by atoms with Gasteiger partial charge < -0.3 is 4.74 Å². The lowest BCUT2D eigenvalue weighted by atomic mass is 10.2. The largest absolute Gasteiger partial charge is 0.456 e. The van der Waals surface area contributed by atoms with Crippen molar-refractivity contribution < 1.29 is 9.53 Å². The molecule has 0 saturated carbocycles. The highest BCUT2D eigenvalue weighted by atomic mass is 79.9. The van der Waals surface area contributed by atoms with Crippen LogP contribution in [0.15, 0.2) is 11.4 Å². The van der Waals surface area contributed by atoms with E-state index < -0.39 is 5.60 Å². The zero-order valence-electron chi connectivity index (χ0n) is 8.46. The van der Waals surface area contributed by atoms with Crippen LogP contribution in [0, 0.1) is 0 Å². The minimum absolute atomic E-state index is 0.241. The van der Waals surface area contributed by atoms with E-state index in [1.165, 1.54) is 11.3 Å². The van der Waals surface area contributed by atoms with Crippen molar-refractivity contribution in [2.24, 2.45) is 0 Å². The summed E-state index contributed by atoms with van der Waals surface area (Å²) in [5, 5.41) is 2.72. The number of hydrogen-bond acceptors (Lipinski definition) is 3. The number of rotatable bonds is 2. The number of halogens is 1. The van der Waals surface area contributed by atoms with Gasteiger partial charge in [0.15, 0.2) is 0 Å². The van der Waals surface area contributed by atoms with Crippen LogP contribution in [0.2, 0.25) is 0 Å². The van der Waals surface area contributed by atoms with E-state index in [1.54, 1.807) is 0 Å². The SMILES string of the molecule is CC(C)(C)OC(=O)c1cc(CBr)cs1. The van der Waals surface area contributed by atoms with Crippen LogP contribution in [0.3, 0.4) is 0 Å². The first-order valence-electron chi connectivity index (χ1n) is 4.29. The van der Waals surface area contributed by atoms with E-state index in [0.717, 1.165) is 10.9 Å². The highest BCUT2D eigenvalue weighted by molar-refractivity contribution is 9.08. The van der Waals surface area contributed by atoms with E-state index in [-0.39, 0.29) is 5.97 Å². The smallest absolute Gasteiger partial charge is 0.348 e. The molecule has 1 aromatic heterocycles. The Morgan fingerprint density at radius 1 is 1.57 bits per heavy atom. The fourth-order valence-corrected chi connectivity index (χ4v) is 2.21. The number of carbonyl (C=O) groups is 1. The van der Waals surface area contributed by atoms with Crippen LogP contribution in [-0.4, -0.2) is 11.6 Å². The third-order valence-corrected chi connectivity index (χ3v) is 3.01. The third-order valence-electron chi connectivity index (χ3n) is 1.41. The first-order valence-corrected chi connectivity index (χ1v) is 6.29. The highest BCUT2D eigenvalue weighted by Crippen LogP contribution is 2.20. The van der Waals surface area contributed by atoms with Gasteiger partial charge in [0.1, 0.15) is 10.5 Å². The summed E-state index contributed by atoms with van der Waals surface area (Å²) in [5.74, 6) is -0.241. The number of alkyl halides is 1. The summed E-state index contributed by atoms with van der Waals surface area (Å²) >= 11 is 4.75. The van der Waals surface area contributed by atoms with Gasteiger partial charge in [-0.1, -0.05) is 15.9 Å². The summed E-state index contributed by atoms with van der Waals surface area (Å²) < 4.78 is 5.24. The number of hydrogen-bond donors (Lipinski definition) is 0. The lowest BCUT2D eigenvalue weighted by Crippen LogP contribution is -2.23. The zero-order chi connectivity index (χ0) is 10.8. The maximum absolute atomic E-state index is 11.6. The number of thiophene rings is 1. The molecular formula is C10H13BrO2S. The van der Waals surface area contributed by atoms with Crippen molar-refractivity contribution in [2.75, 3.05) is 0 Å². The maximum Gasteiger partial charge on any atom is 0.348 e. The molecule has 2 nitrogen and oxygen atoms in total. The van der Waals surface area contributed by atoms with Crippen molar-refractivity contribution in [3.05, 3.63) is 21.9 Å². The topological polar surface area (TPSA) is 26.3 Å². The lowest BCUT2D eigenvalue weighted by molar-refractivity contribution is 0.00752. The van der Waals surface area contributed by atoms with Gasteiger partial charge in [0.25, 0.3) is 0 Å². The Kier molecular flexibility index (Phi) is 3.72. The van der Waals surface area contributed by atoms with Crippen LogP contribution in [-0.2, 0) is 10.1 Å². The van der Waals surface area contributed by atoms with Crippen LogP contribution < -0.4 is 0 Å². The Morgan fingerprint density at radius 2 is 2.21 bits per heavy atom. The fourth-order valence-electron chi connectivity index (χ4n) is 0.881. The van der Waals surface area contributed by atoms with Crippen molar-refractivity contribution >= 4 is 33.2 Å². The summed E-state index contributed by atoms with van der Waals surface area (Å²) in [4.78, 5) is 12.2. The fraction of sp³-hybridized carbons (Fsp3) is 0.500. The maximum atomic E-state index is 11.6. The van der Waals surface area contributed by atoms with Gasteiger partial charge in [0, 0.05) is 5.33 Å². The summed E-state index contributed by atoms with van der Waals surface area (Å²) in [6.45, 7) is 5.59. The van der Waals surface area contributed by atoms with Gasteiger partial charge in [-0.3, -0.25) is 0 Å². The number of ether oxygens (including phenoxy) is 1. The molecule has 0 atom stereocenters. The Labute approximate surface area is 96.4 Å². The minimum atomic E-state index is -0.421. The number of esters is 1. The van der Waals surface area contributed by atoms with Crippen molar-refractivity contribution in [1.29, 1.82) is 0 Å². The van der Waals surface area contributed by atoms with Crippen LogP contribution >= 0.6 is 27.3 Å². The first-order chi connectivity index (χ1) is 6.42. The molecule has 0 aliphatic carbocycles. The molecule has 0 N–H and O–H groups in total. The molecule has 0 amide bonds. The van der Waals surface area contributed by atoms with Crippen LogP contribution in [0.25, 0.3) is 0 Å². The van der Waals surface area contributed by atoms with Crippen molar-refractivity contribution in [3.63, 3.8) is 0 Å². The van der Waals surface area contributed by atoms with Crippen LogP contribution in [0.1, 0.15) is 36.0 Å². The molecule has 0 unspecified atom stereocenters. The molecule has 1 rings (SSSR count). The Balaban J connectivity index is 2.70. The van der Waals surface area contributed by atoms with Gasteiger partial charge in [-0.15, -0.1) is 11.3 Å². The Morgan fingerprint density at radius 3 is 2.64 bits per heavy atom. The summed E-state index contributed by atoms with van der Waals surface area (Å²) in [5.41, 5.74) is 0.686. The van der Waals surface area contributed by atoms with E-state index in [0.29, 0.717) is 4.88 Å². The van der Waals surface area contributed by atoms with Crippen molar-refractivity contribution in [2.45, 2.75) is 31.7 Å². The molecule has 1 aromatic rings. The summed E-state index contributed by atoms with van der Waals surface area (Å²) in [6.07, 6.45) is 0. The van der Waals surface area contributed by atoms with Gasteiger partial charge in [-0.05, 0) is 37.8 Å². The molecule has 0 aromatic carbocycles. The van der Waals surface area contributed by atoms with E-state index >= 15 is 0 Å². The van der Waals surface area contributed by atoms with Crippen molar-refractivity contribution in [1.82, 2.24) is 0 Å². The van der Waals surface area contributed by atoms with E-state index in [1.807, 2.05) is 32.2 Å². The van der Waals surface area contributed by atoms with Gasteiger partial charge in [0.05, 0.1) is 0 Å². The molecule has 0 bridgehead atoms. The average Bonchev–Trinajstić information content (AvgIpc) is 2.48. The molecule has 1 heterocycles. The van der Waals surface area contributed by atoms with E-state index in [4.69, 9.17) is 4.74 Å². The van der Waals surface area contributed by atoms with Crippen molar-refractivity contribution in [3.8, 4) is 0 Å². The second-order valence-corrected chi connectivity index (χ2v) is 5.43. The highest BCUT2D eigenvalue weighted by Gasteiger charge is 2.18. The standard InChI is InChI=1S/C10H13BrO2S/c1-10(2,3)13-9(12)8-4-7(5-11)6-14-8/h4,6H,5H2,1-3H3. The second kappa shape index (κ2) is 4.45. The molecule has 78 valence electrons. The summed E-state index contributed by atoms with van der Waals surface area (Å²) in [7, 11) is 0. The van der Waals surface area contributed by atoms with Crippen LogP contribution in [0.5, 0.6) is 0 Å². The van der Waals surface area contributed by atoms with Crippen LogP contribution in [0.4, 0.5) is 0 Å². The molecule has 0 fully saturated rings. The molecule has 0 radical (unpaired) electrons. The van der Waals surface area contributed by atoms with E-state index in [9.17, 15) is 4.79 Å². The molecule has 0 saturated heterocycles. The predicted molar refractivity (Wildman–Crippen MR) is 62.1 cm³/mol. The number of carbonyl (C=O) groups excluding carboxylic acids is 1. The molecule has 0 spiro atoms.